The smallest absolute Gasteiger partial charge is 0.475 e. The predicted molar refractivity (Wildman–Crippen MR) is 130 cm³/mol. The molecule has 3 rings (SSSR count). The quantitative estimate of drug-likeness (QED) is 0.245. The number of aromatic nitrogens is 1. The number of pyridine rings is 1. The number of alkyl halides is 9. The zero-order valence-electron chi connectivity index (χ0n) is 20.5. The van der Waals surface area contributed by atoms with Gasteiger partial charge in [0.05, 0.1) is 28.9 Å². The molecule has 1 unspecified atom stereocenters. The minimum absolute atomic E-state index is 0.00337. The number of nitrogens with zero attached hydrogens (tertiary/aromatic N) is 1. The van der Waals surface area contributed by atoms with Crippen LogP contribution in [0.15, 0.2) is 71.3 Å². The highest BCUT2D eigenvalue weighted by Crippen LogP contribution is 2.36. The van der Waals surface area contributed by atoms with Gasteiger partial charge in [-0.25, -0.2) is 9.59 Å². The van der Waals surface area contributed by atoms with Crippen molar-refractivity contribution >= 4 is 27.9 Å². The van der Waals surface area contributed by atoms with Crippen molar-refractivity contribution in [3.05, 3.63) is 99.3 Å². The number of hydrogen-bond acceptors (Lipinski definition) is 3. The number of amides is 2. The maximum absolute atomic E-state index is 13.6. The second-order valence-electron chi connectivity index (χ2n) is 8.18. The van der Waals surface area contributed by atoms with Gasteiger partial charge in [0.1, 0.15) is 0 Å². The van der Waals surface area contributed by atoms with Crippen molar-refractivity contribution in [3.8, 4) is 0 Å². The Morgan fingerprint density at radius 3 is 1.78 bits per heavy atom. The summed E-state index contributed by atoms with van der Waals surface area (Å²) in [7, 11) is 0. The monoisotopic (exact) mass is 659 g/mol. The maximum atomic E-state index is 13.6. The number of nitrogens with one attached hydrogen (secondary N) is 2. The largest absolute Gasteiger partial charge is 0.490 e. The second-order valence-corrected chi connectivity index (χ2v) is 9.10. The lowest BCUT2D eigenvalue weighted by Crippen LogP contribution is -2.40. The lowest BCUT2D eigenvalue weighted by molar-refractivity contribution is -0.192. The van der Waals surface area contributed by atoms with E-state index in [1.807, 2.05) is 0 Å². The molecule has 0 bridgehead atoms. The first-order chi connectivity index (χ1) is 18.8. The van der Waals surface area contributed by atoms with Crippen LogP contribution in [0.1, 0.15) is 47.0 Å². The summed E-state index contributed by atoms with van der Waals surface area (Å²) >= 11 is 3.30. The van der Waals surface area contributed by atoms with Crippen LogP contribution >= 0.6 is 15.9 Å². The lowest BCUT2D eigenvalue weighted by atomic mass is 9.98. The van der Waals surface area contributed by atoms with Crippen molar-refractivity contribution in [1.82, 2.24) is 15.6 Å². The van der Waals surface area contributed by atoms with E-state index in [1.165, 1.54) is 0 Å². The molecule has 16 heteroatoms. The van der Waals surface area contributed by atoms with Gasteiger partial charge < -0.3 is 15.7 Å². The van der Waals surface area contributed by atoms with Gasteiger partial charge in [0.15, 0.2) is 0 Å². The van der Waals surface area contributed by atoms with Crippen LogP contribution < -0.4 is 10.6 Å². The van der Waals surface area contributed by atoms with Crippen LogP contribution in [0.2, 0.25) is 0 Å². The lowest BCUT2D eigenvalue weighted by Gasteiger charge is -2.24. The molecule has 2 amide bonds. The fraction of sp³-hybridized carbons (Fsp3) is 0.240. The van der Waals surface area contributed by atoms with E-state index in [4.69, 9.17) is 9.90 Å². The number of urea groups is 1. The number of carboxylic acid groups (broad SMARTS) is 1. The fourth-order valence-electron chi connectivity index (χ4n) is 3.27. The summed E-state index contributed by atoms with van der Waals surface area (Å²) in [5.74, 6) is -2.76. The van der Waals surface area contributed by atoms with Gasteiger partial charge in [-0.15, -0.1) is 0 Å². The minimum atomic E-state index is -5.08. The third kappa shape index (κ3) is 9.95. The van der Waals surface area contributed by atoms with E-state index < -0.39 is 59.4 Å². The van der Waals surface area contributed by atoms with Gasteiger partial charge in [0, 0.05) is 10.7 Å². The molecule has 0 aliphatic heterocycles. The van der Waals surface area contributed by atoms with Crippen molar-refractivity contribution < 1.29 is 54.2 Å². The van der Waals surface area contributed by atoms with Gasteiger partial charge in [-0.3, -0.25) is 4.98 Å². The molecule has 2 atom stereocenters. The number of benzene rings is 2. The molecule has 222 valence electrons. The normalized spacial score (nSPS) is 13.3. The molecule has 6 nitrogen and oxygen atoms in total. The Kier molecular flexibility index (Phi) is 10.8. The summed E-state index contributed by atoms with van der Waals surface area (Å²) in [4.78, 5) is 25.4. The van der Waals surface area contributed by atoms with Crippen LogP contribution in [0.25, 0.3) is 0 Å². The number of aliphatic carboxylic acids is 1. The molecule has 0 aliphatic rings. The van der Waals surface area contributed by atoms with Crippen LogP contribution in [0, 0.1) is 0 Å². The third-order valence-corrected chi connectivity index (χ3v) is 5.75. The zero-order chi connectivity index (χ0) is 31.2. The van der Waals surface area contributed by atoms with E-state index in [0.717, 1.165) is 52.6 Å². The van der Waals surface area contributed by atoms with Crippen LogP contribution in [0.4, 0.5) is 44.3 Å². The summed E-state index contributed by atoms with van der Waals surface area (Å²) in [5, 5.41) is 12.2. The summed E-state index contributed by atoms with van der Waals surface area (Å²) in [6.45, 7) is 1.68. The van der Waals surface area contributed by atoms with Gasteiger partial charge in [-0.2, -0.15) is 39.5 Å². The van der Waals surface area contributed by atoms with Crippen molar-refractivity contribution in [1.29, 1.82) is 0 Å². The Hall–Kier alpha value is -3.82. The first-order valence-corrected chi connectivity index (χ1v) is 11.9. The zero-order valence-corrected chi connectivity index (χ0v) is 22.1. The van der Waals surface area contributed by atoms with Crippen LogP contribution in [-0.2, 0) is 17.1 Å². The number of rotatable bonds is 5. The first-order valence-electron chi connectivity index (χ1n) is 11.1. The first kappa shape index (κ1) is 33.4. The average Bonchev–Trinajstić information content (AvgIpc) is 2.86. The van der Waals surface area contributed by atoms with E-state index in [2.05, 4.69) is 31.5 Å². The molecule has 0 saturated carbocycles. The maximum Gasteiger partial charge on any atom is 0.490 e. The van der Waals surface area contributed by atoms with Gasteiger partial charge >= 0.3 is 30.5 Å². The average molecular weight is 660 g/mol. The Balaban J connectivity index is 0.000000745. The Labute approximate surface area is 234 Å². The minimum Gasteiger partial charge on any atom is -0.475 e. The molecule has 1 heterocycles. The van der Waals surface area contributed by atoms with Crippen molar-refractivity contribution in [2.75, 3.05) is 0 Å². The fourth-order valence-corrected chi connectivity index (χ4v) is 3.53. The van der Waals surface area contributed by atoms with Crippen molar-refractivity contribution in [2.45, 2.75) is 37.5 Å². The number of hydrogen-bond donors (Lipinski definition) is 3. The van der Waals surface area contributed by atoms with E-state index in [-0.39, 0.29) is 5.56 Å². The molecular weight excluding hydrogens is 641 g/mol. The third-order valence-electron chi connectivity index (χ3n) is 5.22. The van der Waals surface area contributed by atoms with Crippen LogP contribution in [-0.4, -0.2) is 28.3 Å². The predicted octanol–water partition coefficient (Wildman–Crippen LogP) is 7.66. The highest BCUT2D eigenvalue weighted by atomic mass is 79.9. The van der Waals surface area contributed by atoms with Gasteiger partial charge in [0.25, 0.3) is 0 Å². The number of carbonyl (C=O) groups is 2. The van der Waals surface area contributed by atoms with E-state index >= 15 is 0 Å². The molecule has 2 aromatic carbocycles. The Morgan fingerprint density at radius 2 is 1.32 bits per heavy atom. The summed E-state index contributed by atoms with van der Waals surface area (Å²) in [6, 6.07) is 9.64. The number of carboxylic acids is 1. The van der Waals surface area contributed by atoms with Gasteiger partial charge in [-0.05, 0) is 54.4 Å². The molecule has 0 saturated heterocycles. The highest BCUT2D eigenvalue weighted by Gasteiger charge is 2.39. The SMILES string of the molecule is CC(NC(=O)N[C@@H](c1ccc(C(F)(F)F)cc1)c1ncccc1C(F)(F)F)c1ccc(Br)cc1.O=C(O)C(F)(F)F. The topological polar surface area (TPSA) is 91.3 Å². The van der Waals surface area contributed by atoms with E-state index in [9.17, 15) is 44.3 Å². The van der Waals surface area contributed by atoms with Crippen LogP contribution in [0.5, 0.6) is 0 Å². The summed E-state index contributed by atoms with van der Waals surface area (Å²) in [6.07, 6.45) is -13.4. The molecule has 0 spiro atoms. The van der Waals surface area contributed by atoms with Crippen molar-refractivity contribution in [2.24, 2.45) is 0 Å². The molecule has 1 aromatic heterocycles. The summed E-state index contributed by atoms with van der Waals surface area (Å²) in [5.41, 5.74) is -1.88. The Morgan fingerprint density at radius 1 is 0.805 bits per heavy atom. The van der Waals surface area contributed by atoms with E-state index in [0.29, 0.717) is 0 Å². The molecule has 0 fully saturated rings. The Bertz CT molecular complexity index is 1330. The van der Waals surface area contributed by atoms with Gasteiger partial charge in [-0.1, -0.05) is 40.2 Å². The van der Waals surface area contributed by atoms with Gasteiger partial charge in [0.2, 0.25) is 0 Å². The molecule has 0 aliphatic carbocycles. The number of halogens is 10. The molecule has 41 heavy (non-hydrogen) atoms. The summed E-state index contributed by atoms with van der Waals surface area (Å²) < 4.78 is 112. The van der Waals surface area contributed by atoms with Crippen LogP contribution in [0.3, 0.4) is 0 Å². The molecule has 3 N–H and O–H groups in total. The molecule has 3 aromatic rings. The molecule has 0 radical (unpaired) electrons. The molecular formula is C25H19BrF9N3O3. The second kappa shape index (κ2) is 13.2. The standard InChI is InChI=1S/C23H18BrF6N3O.C2HF3O2/c1-13(14-6-10-17(24)11-7-14)32-21(34)33-19(15-4-8-16(9-5-15)22(25,26)27)20-18(23(28,29)30)3-2-12-31-20;3-2(4,5)1(6)7/h2-13,19H,1H3,(H2,32,33,34);(H,6,7)/t13?,19-;/m0./s1. The number of carbonyl (C=O) groups excluding carboxylic acids is 1. The highest BCUT2D eigenvalue weighted by molar-refractivity contribution is 9.10. The van der Waals surface area contributed by atoms with Crippen molar-refractivity contribution in [3.63, 3.8) is 0 Å². The van der Waals surface area contributed by atoms with E-state index in [1.54, 1.807) is 31.2 Å².